The zero-order valence-corrected chi connectivity index (χ0v) is 11.7. The molecule has 90 valence electrons. The molecule has 1 fully saturated rings. The van der Waals surface area contributed by atoms with Crippen LogP contribution in [0.1, 0.15) is 19.8 Å². The molecule has 3 atom stereocenters. The molecule has 0 spiro atoms. The summed E-state index contributed by atoms with van der Waals surface area (Å²) in [6, 6.07) is 0. The van der Waals surface area contributed by atoms with Gasteiger partial charge in [0.25, 0.3) is 0 Å². The van der Waals surface area contributed by atoms with Gasteiger partial charge in [-0.05, 0) is 31.6 Å². The van der Waals surface area contributed by atoms with Crippen LogP contribution >= 0.6 is 15.9 Å². The maximum Gasteiger partial charge on any atom is 0.150 e. The summed E-state index contributed by atoms with van der Waals surface area (Å²) < 4.78 is 28.0. The number of methoxy groups -OCH3 is 1. The topological polar surface area (TPSA) is 43.4 Å². The molecule has 1 aliphatic heterocycles. The maximum atomic E-state index is 11.4. The van der Waals surface area contributed by atoms with Crippen LogP contribution in [-0.2, 0) is 14.6 Å². The van der Waals surface area contributed by atoms with Crippen molar-refractivity contribution in [1.29, 1.82) is 0 Å². The largest absolute Gasteiger partial charge is 0.382 e. The second-order valence-corrected chi connectivity index (χ2v) is 7.24. The van der Waals surface area contributed by atoms with Gasteiger partial charge < -0.3 is 4.74 Å². The summed E-state index contributed by atoms with van der Waals surface area (Å²) in [7, 11) is -1.06. The van der Waals surface area contributed by atoms with E-state index in [-0.39, 0.29) is 6.10 Å². The minimum absolute atomic E-state index is 0.204. The fraction of sp³-hybridized carbons (Fsp3) is 1.00. The van der Waals surface area contributed by atoms with Crippen molar-refractivity contribution in [3.63, 3.8) is 0 Å². The Balaban J connectivity index is 2.53. The smallest absolute Gasteiger partial charge is 0.150 e. The first kappa shape index (κ1) is 13.5. The van der Waals surface area contributed by atoms with E-state index in [1.807, 2.05) is 6.92 Å². The molecule has 1 aliphatic rings. The van der Waals surface area contributed by atoms with E-state index in [9.17, 15) is 8.42 Å². The molecule has 0 aromatic heterocycles. The summed E-state index contributed by atoms with van der Waals surface area (Å²) >= 11 is 3.47. The number of sulfone groups is 1. The predicted molar refractivity (Wildman–Crippen MR) is 65.1 cm³/mol. The molecule has 15 heavy (non-hydrogen) atoms. The van der Waals surface area contributed by atoms with E-state index < -0.39 is 9.84 Å². The SMILES string of the molecule is COC(C)CC(CBr)C1CCS(=O)(=O)C1. The Morgan fingerprint density at radius 3 is 2.60 bits per heavy atom. The van der Waals surface area contributed by atoms with Crippen molar-refractivity contribution < 1.29 is 13.2 Å². The molecule has 0 bridgehead atoms. The zero-order valence-electron chi connectivity index (χ0n) is 9.28. The van der Waals surface area contributed by atoms with E-state index in [0.29, 0.717) is 23.3 Å². The highest BCUT2D eigenvalue weighted by molar-refractivity contribution is 9.09. The molecule has 3 unspecified atom stereocenters. The number of hydrogen-bond donors (Lipinski definition) is 0. The van der Waals surface area contributed by atoms with Gasteiger partial charge in [0.2, 0.25) is 0 Å². The summed E-state index contributed by atoms with van der Waals surface area (Å²) in [5, 5.41) is 0.862. The van der Waals surface area contributed by atoms with Crippen LogP contribution in [0.25, 0.3) is 0 Å². The van der Waals surface area contributed by atoms with E-state index in [4.69, 9.17) is 4.74 Å². The molecular weight excluding hydrogens is 280 g/mol. The molecule has 1 rings (SSSR count). The van der Waals surface area contributed by atoms with E-state index in [1.165, 1.54) is 0 Å². The summed E-state index contributed by atoms with van der Waals surface area (Å²) in [5.41, 5.74) is 0. The normalized spacial score (nSPS) is 28.9. The third kappa shape index (κ3) is 4.04. The van der Waals surface area contributed by atoms with Crippen LogP contribution in [0.2, 0.25) is 0 Å². The first-order valence-corrected chi connectivity index (χ1v) is 8.22. The van der Waals surface area contributed by atoms with Crippen molar-refractivity contribution in [3.8, 4) is 0 Å². The minimum Gasteiger partial charge on any atom is -0.382 e. The van der Waals surface area contributed by atoms with Crippen molar-refractivity contribution in [2.24, 2.45) is 11.8 Å². The Labute approximate surface area is 101 Å². The molecule has 0 N–H and O–H groups in total. The predicted octanol–water partition coefficient (Wildman–Crippen LogP) is 1.86. The van der Waals surface area contributed by atoms with Crippen molar-refractivity contribution in [3.05, 3.63) is 0 Å². The Morgan fingerprint density at radius 1 is 1.53 bits per heavy atom. The maximum absolute atomic E-state index is 11.4. The number of rotatable bonds is 5. The molecule has 5 heteroatoms. The summed E-state index contributed by atoms with van der Waals surface area (Å²) in [6.45, 7) is 2.03. The third-order valence-electron chi connectivity index (χ3n) is 3.17. The molecule has 1 heterocycles. The summed E-state index contributed by atoms with van der Waals surface area (Å²) in [6.07, 6.45) is 1.95. The number of ether oxygens (including phenoxy) is 1. The highest BCUT2D eigenvalue weighted by Crippen LogP contribution is 2.30. The van der Waals surface area contributed by atoms with Crippen LogP contribution in [0, 0.1) is 11.8 Å². The van der Waals surface area contributed by atoms with Gasteiger partial charge in [0.1, 0.15) is 0 Å². The minimum atomic E-state index is -2.75. The first-order chi connectivity index (χ1) is 6.98. The van der Waals surface area contributed by atoms with Gasteiger partial charge >= 0.3 is 0 Å². The van der Waals surface area contributed by atoms with Crippen molar-refractivity contribution >= 4 is 25.8 Å². The molecule has 0 saturated carbocycles. The van der Waals surface area contributed by atoms with E-state index >= 15 is 0 Å². The number of alkyl halides is 1. The Bertz CT molecular complexity index is 289. The Kier molecular flexibility index (Phi) is 5.06. The fourth-order valence-corrected chi connectivity index (χ4v) is 4.81. The van der Waals surface area contributed by atoms with Crippen LogP contribution in [0.5, 0.6) is 0 Å². The van der Waals surface area contributed by atoms with Crippen molar-refractivity contribution in [2.75, 3.05) is 23.9 Å². The van der Waals surface area contributed by atoms with Crippen LogP contribution in [-0.4, -0.2) is 38.5 Å². The standard InChI is InChI=1S/C10H19BrO3S/c1-8(14-2)5-10(6-11)9-3-4-15(12,13)7-9/h8-10H,3-7H2,1-2H3. The van der Waals surface area contributed by atoms with Gasteiger partial charge in [0, 0.05) is 12.4 Å². The van der Waals surface area contributed by atoms with Gasteiger partial charge in [0.05, 0.1) is 17.6 Å². The summed E-state index contributed by atoms with van der Waals surface area (Å²) in [5.74, 6) is 1.45. The van der Waals surface area contributed by atoms with Crippen molar-refractivity contribution in [2.45, 2.75) is 25.9 Å². The third-order valence-corrected chi connectivity index (χ3v) is 5.79. The molecule has 0 aromatic rings. The van der Waals surface area contributed by atoms with Crippen molar-refractivity contribution in [1.82, 2.24) is 0 Å². The van der Waals surface area contributed by atoms with E-state index in [2.05, 4.69) is 15.9 Å². The second-order valence-electron chi connectivity index (χ2n) is 4.36. The molecular formula is C10H19BrO3S. The average molecular weight is 299 g/mol. The van der Waals surface area contributed by atoms with Gasteiger partial charge in [-0.1, -0.05) is 15.9 Å². The zero-order chi connectivity index (χ0) is 11.5. The Morgan fingerprint density at radius 2 is 2.20 bits per heavy atom. The molecule has 0 amide bonds. The van der Waals surface area contributed by atoms with Gasteiger partial charge in [-0.15, -0.1) is 0 Å². The van der Waals surface area contributed by atoms with Gasteiger partial charge in [-0.3, -0.25) is 0 Å². The Hall–Kier alpha value is 0.390. The highest BCUT2D eigenvalue weighted by atomic mass is 79.9. The molecule has 0 aromatic carbocycles. The van der Waals surface area contributed by atoms with Crippen LogP contribution in [0.3, 0.4) is 0 Å². The quantitative estimate of drug-likeness (QED) is 0.728. The van der Waals surface area contributed by atoms with Gasteiger partial charge in [-0.2, -0.15) is 0 Å². The highest BCUT2D eigenvalue weighted by Gasteiger charge is 2.33. The number of halogens is 1. The van der Waals surface area contributed by atoms with Crippen LogP contribution < -0.4 is 0 Å². The molecule has 0 aliphatic carbocycles. The molecule has 0 radical (unpaired) electrons. The summed E-state index contributed by atoms with van der Waals surface area (Å²) in [4.78, 5) is 0. The van der Waals surface area contributed by atoms with E-state index in [0.717, 1.165) is 18.2 Å². The number of hydrogen-bond acceptors (Lipinski definition) is 3. The van der Waals surface area contributed by atoms with E-state index in [1.54, 1.807) is 7.11 Å². The van der Waals surface area contributed by atoms with Crippen LogP contribution in [0.4, 0.5) is 0 Å². The average Bonchev–Trinajstić information content (AvgIpc) is 2.54. The lowest BCUT2D eigenvalue weighted by Crippen LogP contribution is -2.22. The lowest BCUT2D eigenvalue weighted by molar-refractivity contribution is 0.0903. The monoisotopic (exact) mass is 298 g/mol. The lowest BCUT2D eigenvalue weighted by atomic mass is 9.89. The van der Waals surface area contributed by atoms with Gasteiger partial charge in [-0.25, -0.2) is 8.42 Å². The second kappa shape index (κ2) is 5.64. The van der Waals surface area contributed by atoms with Gasteiger partial charge in [0.15, 0.2) is 9.84 Å². The first-order valence-electron chi connectivity index (χ1n) is 5.27. The lowest BCUT2D eigenvalue weighted by Gasteiger charge is -2.23. The molecule has 1 saturated heterocycles. The van der Waals surface area contributed by atoms with Crippen LogP contribution in [0.15, 0.2) is 0 Å². The molecule has 3 nitrogen and oxygen atoms in total. The fourth-order valence-electron chi connectivity index (χ4n) is 2.10.